The zero-order chi connectivity index (χ0) is 14.9. The van der Waals surface area contributed by atoms with Crippen LogP contribution in [0.25, 0.3) is 0 Å². The molecular weight excluding hydrogens is 272 g/mol. The average molecular weight is 294 g/mol. The van der Waals surface area contributed by atoms with Gasteiger partial charge in [-0.15, -0.1) is 11.8 Å². The molecule has 0 aliphatic heterocycles. The first-order valence-corrected chi connectivity index (χ1v) is 8.79. The van der Waals surface area contributed by atoms with Crippen LogP contribution in [0.1, 0.15) is 42.9 Å². The van der Waals surface area contributed by atoms with Gasteiger partial charge in [-0.25, -0.2) is 0 Å². The van der Waals surface area contributed by atoms with Crippen LogP contribution in [-0.2, 0) is 6.42 Å². The van der Waals surface area contributed by atoms with Gasteiger partial charge in [0.05, 0.1) is 0 Å². The predicted molar refractivity (Wildman–Crippen MR) is 93.9 cm³/mol. The van der Waals surface area contributed by atoms with E-state index >= 15 is 0 Å². The zero-order valence-electron chi connectivity index (χ0n) is 12.9. The number of rotatable bonds is 5. The van der Waals surface area contributed by atoms with Crippen molar-refractivity contribution < 1.29 is 0 Å². The van der Waals surface area contributed by atoms with Gasteiger partial charge >= 0.3 is 0 Å². The van der Waals surface area contributed by atoms with Crippen molar-refractivity contribution in [1.29, 1.82) is 0 Å². The van der Waals surface area contributed by atoms with Gasteiger partial charge in [0.2, 0.25) is 0 Å². The van der Waals surface area contributed by atoms with Crippen molar-refractivity contribution >= 4 is 11.8 Å². The molecule has 1 heteroatoms. The molecule has 21 heavy (non-hydrogen) atoms. The Kier molecular flexibility index (Phi) is 6.44. The molecule has 0 aliphatic carbocycles. The normalized spacial score (nSPS) is 10.0. The van der Waals surface area contributed by atoms with Gasteiger partial charge in [-0.05, 0) is 61.1 Å². The summed E-state index contributed by atoms with van der Waals surface area (Å²) in [4.78, 5) is 1.27. The Morgan fingerprint density at radius 1 is 0.810 bits per heavy atom. The second-order valence-electron chi connectivity index (χ2n) is 5.13. The van der Waals surface area contributed by atoms with Crippen molar-refractivity contribution in [2.75, 3.05) is 6.26 Å². The standard InChI is InChI=1S/C20H22S/c1-3-4-5-6-17-7-9-18(10-8-17)11-12-19-13-15-20(21-2)16-14-19/h7-10,13-16H,3-6H2,1-2H3. The molecule has 0 aromatic heterocycles. The van der Waals surface area contributed by atoms with Crippen molar-refractivity contribution in [3.8, 4) is 11.8 Å². The quantitative estimate of drug-likeness (QED) is 0.396. The lowest BCUT2D eigenvalue weighted by molar-refractivity contribution is 0.717. The van der Waals surface area contributed by atoms with Crippen LogP contribution in [0.2, 0.25) is 0 Å². The molecular formula is C20H22S. The van der Waals surface area contributed by atoms with E-state index in [4.69, 9.17) is 0 Å². The van der Waals surface area contributed by atoms with Gasteiger partial charge < -0.3 is 0 Å². The molecule has 2 aromatic rings. The first-order chi connectivity index (χ1) is 10.3. The summed E-state index contributed by atoms with van der Waals surface area (Å²) in [7, 11) is 0. The van der Waals surface area contributed by atoms with Gasteiger partial charge in [-0.3, -0.25) is 0 Å². The summed E-state index contributed by atoms with van der Waals surface area (Å²) in [6, 6.07) is 17.1. The monoisotopic (exact) mass is 294 g/mol. The predicted octanol–water partition coefficient (Wildman–Crippen LogP) is 5.54. The molecule has 2 rings (SSSR count). The van der Waals surface area contributed by atoms with Gasteiger partial charge in [0.25, 0.3) is 0 Å². The third-order valence-corrected chi connectivity index (χ3v) is 4.21. The number of benzene rings is 2. The fourth-order valence-electron chi connectivity index (χ4n) is 2.15. The van der Waals surface area contributed by atoms with E-state index in [1.54, 1.807) is 11.8 Å². The Balaban J connectivity index is 1.98. The minimum Gasteiger partial charge on any atom is -0.130 e. The summed E-state index contributed by atoms with van der Waals surface area (Å²) in [6.45, 7) is 2.24. The number of thioether (sulfide) groups is 1. The van der Waals surface area contributed by atoms with Gasteiger partial charge in [0, 0.05) is 16.0 Å². The Morgan fingerprint density at radius 2 is 1.38 bits per heavy atom. The van der Waals surface area contributed by atoms with E-state index < -0.39 is 0 Å². The maximum absolute atomic E-state index is 3.24. The third kappa shape index (κ3) is 5.33. The summed E-state index contributed by atoms with van der Waals surface area (Å²) in [5, 5.41) is 0. The van der Waals surface area contributed by atoms with Crippen molar-refractivity contribution in [1.82, 2.24) is 0 Å². The van der Waals surface area contributed by atoms with E-state index in [1.807, 2.05) is 0 Å². The molecule has 0 saturated heterocycles. The van der Waals surface area contributed by atoms with Gasteiger partial charge in [-0.2, -0.15) is 0 Å². The molecule has 0 nitrogen and oxygen atoms in total. The minimum atomic E-state index is 1.07. The van der Waals surface area contributed by atoms with E-state index in [9.17, 15) is 0 Å². The smallest absolute Gasteiger partial charge is 0.0249 e. The Labute approximate surface area is 133 Å². The topological polar surface area (TPSA) is 0 Å². The summed E-state index contributed by atoms with van der Waals surface area (Å²) in [6.07, 6.45) is 7.14. The van der Waals surface area contributed by atoms with Gasteiger partial charge in [-0.1, -0.05) is 43.7 Å². The molecule has 0 aliphatic rings. The highest BCUT2D eigenvalue weighted by molar-refractivity contribution is 7.98. The number of unbranched alkanes of at least 4 members (excludes halogenated alkanes) is 2. The molecule has 0 fully saturated rings. The van der Waals surface area contributed by atoms with Crippen molar-refractivity contribution in [2.24, 2.45) is 0 Å². The highest BCUT2D eigenvalue weighted by Gasteiger charge is 1.94. The lowest BCUT2D eigenvalue weighted by Gasteiger charge is -2.00. The van der Waals surface area contributed by atoms with Crippen molar-refractivity contribution in [3.05, 3.63) is 65.2 Å². The van der Waals surface area contributed by atoms with Crippen LogP contribution in [-0.4, -0.2) is 6.26 Å². The summed E-state index contributed by atoms with van der Waals surface area (Å²) in [5.41, 5.74) is 3.57. The second-order valence-corrected chi connectivity index (χ2v) is 6.01. The van der Waals surface area contributed by atoms with Gasteiger partial charge in [0.1, 0.15) is 0 Å². The highest BCUT2D eigenvalue weighted by atomic mass is 32.2. The zero-order valence-corrected chi connectivity index (χ0v) is 13.7. The second kappa shape index (κ2) is 8.60. The number of aryl methyl sites for hydroxylation is 1. The third-order valence-electron chi connectivity index (χ3n) is 3.46. The van der Waals surface area contributed by atoms with Crippen molar-refractivity contribution in [3.63, 3.8) is 0 Å². The molecule has 0 radical (unpaired) electrons. The maximum Gasteiger partial charge on any atom is 0.0249 e. The molecule has 0 bridgehead atoms. The molecule has 0 unspecified atom stereocenters. The molecule has 0 saturated carbocycles. The molecule has 0 atom stereocenters. The van der Waals surface area contributed by atoms with Crippen molar-refractivity contribution in [2.45, 2.75) is 37.5 Å². The van der Waals surface area contributed by atoms with Crippen LogP contribution in [0.3, 0.4) is 0 Å². The van der Waals surface area contributed by atoms with E-state index in [1.165, 1.54) is 36.1 Å². The maximum atomic E-state index is 3.24. The number of hydrogen-bond donors (Lipinski definition) is 0. The van der Waals surface area contributed by atoms with Gasteiger partial charge in [0.15, 0.2) is 0 Å². The van der Waals surface area contributed by atoms with E-state index in [0.717, 1.165) is 11.1 Å². The van der Waals surface area contributed by atoms with Crippen LogP contribution in [0.5, 0.6) is 0 Å². The molecule has 0 N–H and O–H groups in total. The molecule has 0 amide bonds. The largest absolute Gasteiger partial charge is 0.130 e. The lowest BCUT2D eigenvalue weighted by Crippen LogP contribution is -1.85. The van der Waals surface area contributed by atoms with Crippen LogP contribution >= 0.6 is 11.8 Å². The fraction of sp³-hybridized carbons (Fsp3) is 0.300. The molecule has 108 valence electrons. The molecule has 2 aromatic carbocycles. The fourth-order valence-corrected chi connectivity index (χ4v) is 2.56. The van der Waals surface area contributed by atoms with Crippen LogP contribution in [0.4, 0.5) is 0 Å². The van der Waals surface area contributed by atoms with Crippen LogP contribution < -0.4 is 0 Å². The van der Waals surface area contributed by atoms with Crippen LogP contribution in [0.15, 0.2) is 53.4 Å². The highest BCUT2D eigenvalue weighted by Crippen LogP contribution is 2.14. The molecule has 0 heterocycles. The first kappa shape index (κ1) is 15.7. The summed E-state index contributed by atoms with van der Waals surface area (Å²) < 4.78 is 0. The lowest BCUT2D eigenvalue weighted by atomic mass is 10.1. The summed E-state index contributed by atoms with van der Waals surface area (Å²) >= 11 is 1.75. The Bertz CT molecular complexity index is 597. The minimum absolute atomic E-state index is 1.07. The Morgan fingerprint density at radius 3 is 1.90 bits per heavy atom. The SMILES string of the molecule is CCCCCc1ccc(C#Cc2ccc(SC)cc2)cc1. The van der Waals surface area contributed by atoms with E-state index in [2.05, 4.69) is 73.6 Å². The van der Waals surface area contributed by atoms with E-state index in [0.29, 0.717) is 0 Å². The van der Waals surface area contributed by atoms with Crippen LogP contribution in [0, 0.1) is 11.8 Å². The summed E-state index contributed by atoms with van der Waals surface area (Å²) in [5.74, 6) is 6.46. The average Bonchev–Trinajstić information content (AvgIpc) is 2.55. The first-order valence-electron chi connectivity index (χ1n) is 7.57. The Hall–Kier alpha value is -1.65. The number of hydrogen-bond acceptors (Lipinski definition) is 1. The molecule has 0 spiro atoms. The van der Waals surface area contributed by atoms with E-state index in [-0.39, 0.29) is 0 Å².